The first-order chi connectivity index (χ1) is 24.3. The van der Waals surface area contributed by atoms with E-state index in [0.29, 0.717) is 12.8 Å². The van der Waals surface area contributed by atoms with E-state index in [-0.39, 0.29) is 19.4 Å². The van der Waals surface area contributed by atoms with Crippen molar-refractivity contribution in [3.8, 4) is 0 Å². The molecule has 2 N–H and O–H groups in total. The van der Waals surface area contributed by atoms with Crippen LogP contribution in [-0.2, 0) is 28.2 Å². The van der Waals surface area contributed by atoms with Crippen molar-refractivity contribution in [2.75, 3.05) is 13.2 Å². The van der Waals surface area contributed by atoms with Crippen LogP contribution in [0.4, 0.5) is 0 Å². The number of hydrogen-bond acceptors (Lipinski definition) is 6. The zero-order chi connectivity index (χ0) is 36.8. The first kappa shape index (κ1) is 48.3. The van der Waals surface area contributed by atoms with Gasteiger partial charge in [0.15, 0.2) is 6.10 Å². The third-order valence-electron chi connectivity index (χ3n) is 8.63. The standard InChI is InChI=1S/C41H75O8P/c1-3-5-7-9-11-13-15-17-19-20-22-24-26-28-30-32-34-36-41(43)49-39(38-48-50(44,45)46)37-47-40(42)35-33-31-29-27-25-23-21-18-16-14-12-10-8-6-4-2/h12,14,17-19,21,39H,3-11,13,15-16,20,22-38H2,1-2H3,(H2,44,45,46)/b14-12-,19-17-,21-18-/t39-/m1/s1. The largest absolute Gasteiger partial charge is 0.469 e. The molecule has 0 heterocycles. The Labute approximate surface area is 306 Å². The van der Waals surface area contributed by atoms with Gasteiger partial charge in [-0.15, -0.1) is 0 Å². The molecule has 0 bridgehead atoms. The van der Waals surface area contributed by atoms with E-state index in [0.717, 1.165) is 64.2 Å². The lowest BCUT2D eigenvalue weighted by Gasteiger charge is -2.18. The molecule has 0 saturated heterocycles. The number of phosphoric acid groups is 1. The van der Waals surface area contributed by atoms with Crippen molar-refractivity contribution < 1.29 is 37.9 Å². The number of esters is 2. The highest BCUT2D eigenvalue weighted by Crippen LogP contribution is 2.36. The van der Waals surface area contributed by atoms with Crippen LogP contribution in [0.15, 0.2) is 36.5 Å². The highest BCUT2D eigenvalue weighted by atomic mass is 31.2. The lowest BCUT2D eigenvalue weighted by molar-refractivity contribution is -0.161. The molecule has 0 aliphatic rings. The number of allylic oxidation sites excluding steroid dienone is 6. The second kappa shape index (κ2) is 37.0. The fourth-order valence-corrected chi connectivity index (χ4v) is 5.93. The summed E-state index contributed by atoms with van der Waals surface area (Å²) >= 11 is 0. The van der Waals surface area contributed by atoms with E-state index in [1.165, 1.54) is 89.9 Å². The van der Waals surface area contributed by atoms with Crippen LogP contribution in [0.2, 0.25) is 0 Å². The van der Waals surface area contributed by atoms with Crippen molar-refractivity contribution in [2.24, 2.45) is 0 Å². The van der Waals surface area contributed by atoms with Crippen LogP contribution in [0.5, 0.6) is 0 Å². The molecule has 1 atom stereocenters. The molecule has 0 unspecified atom stereocenters. The van der Waals surface area contributed by atoms with Gasteiger partial charge in [0.05, 0.1) is 6.61 Å². The Morgan fingerprint density at radius 1 is 0.520 bits per heavy atom. The van der Waals surface area contributed by atoms with E-state index < -0.39 is 32.5 Å². The van der Waals surface area contributed by atoms with Crippen molar-refractivity contribution in [1.82, 2.24) is 0 Å². The fourth-order valence-electron chi connectivity index (χ4n) is 5.57. The predicted molar refractivity (Wildman–Crippen MR) is 207 cm³/mol. The summed E-state index contributed by atoms with van der Waals surface area (Å²) in [7, 11) is -4.76. The van der Waals surface area contributed by atoms with Crippen LogP contribution >= 0.6 is 7.82 Å². The number of hydrogen-bond donors (Lipinski definition) is 2. The minimum absolute atomic E-state index is 0.204. The van der Waals surface area contributed by atoms with Crippen molar-refractivity contribution in [1.29, 1.82) is 0 Å². The maximum absolute atomic E-state index is 12.4. The van der Waals surface area contributed by atoms with Gasteiger partial charge in [-0.05, 0) is 70.6 Å². The Kier molecular flexibility index (Phi) is 35.8. The van der Waals surface area contributed by atoms with Crippen molar-refractivity contribution in [3.63, 3.8) is 0 Å². The van der Waals surface area contributed by atoms with Crippen molar-refractivity contribution in [2.45, 2.75) is 200 Å². The van der Waals surface area contributed by atoms with Gasteiger partial charge in [0, 0.05) is 12.8 Å². The lowest BCUT2D eigenvalue weighted by Crippen LogP contribution is -2.29. The zero-order valence-electron chi connectivity index (χ0n) is 32.0. The monoisotopic (exact) mass is 727 g/mol. The number of ether oxygens (including phenoxy) is 2. The summed E-state index contributed by atoms with van der Waals surface area (Å²) in [5, 5.41) is 0. The molecular weight excluding hydrogens is 651 g/mol. The molecule has 0 fully saturated rings. The van der Waals surface area contributed by atoms with E-state index in [4.69, 9.17) is 19.3 Å². The van der Waals surface area contributed by atoms with Crippen LogP contribution in [0, 0.1) is 0 Å². The van der Waals surface area contributed by atoms with Gasteiger partial charge in [-0.1, -0.05) is 147 Å². The molecule has 0 spiro atoms. The van der Waals surface area contributed by atoms with E-state index in [1.54, 1.807) is 0 Å². The fraction of sp³-hybridized carbons (Fsp3) is 0.805. The third kappa shape index (κ3) is 39.1. The summed E-state index contributed by atoms with van der Waals surface area (Å²) in [6.45, 7) is 3.64. The number of carbonyl (C=O) groups is 2. The van der Waals surface area contributed by atoms with Gasteiger partial charge in [0.2, 0.25) is 0 Å². The molecule has 0 aromatic rings. The highest BCUT2D eigenvalue weighted by molar-refractivity contribution is 7.46. The molecular formula is C41H75O8P. The molecule has 9 heteroatoms. The minimum Gasteiger partial charge on any atom is -0.462 e. The van der Waals surface area contributed by atoms with Crippen LogP contribution in [0.25, 0.3) is 0 Å². The molecule has 8 nitrogen and oxygen atoms in total. The molecule has 0 saturated carbocycles. The van der Waals surface area contributed by atoms with Gasteiger partial charge in [-0.2, -0.15) is 0 Å². The Hall–Kier alpha value is -1.73. The molecule has 0 radical (unpaired) electrons. The van der Waals surface area contributed by atoms with Crippen LogP contribution in [0.3, 0.4) is 0 Å². The van der Waals surface area contributed by atoms with Crippen LogP contribution in [0.1, 0.15) is 194 Å². The Balaban J connectivity index is 3.96. The first-order valence-corrected chi connectivity index (χ1v) is 21.8. The summed E-state index contributed by atoms with van der Waals surface area (Å²) in [4.78, 5) is 42.8. The second-order valence-electron chi connectivity index (χ2n) is 13.6. The summed E-state index contributed by atoms with van der Waals surface area (Å²) in [5.74, 6) is -0.904. The quantitative estimate of drug-likeness (QED) is 0.0281. The average molecular weight is 727 g/mol. The molecule has 0 aliphatic carbocycles. The van der Waals surface area contributed by atoms with E-state index >= 15 is 0 Å². The molecule has 0 aromatic heterocycles. The Bertz CT molecular complexity index is 910. The summed E-state index contributed by atoms with van der Waals surface area (Å²) in [5.41, 5.74) is 0. The summed E-state index contributed by atoms with van der Waals surface area (Å²) in [6.07, 6.45) is 42.9. The normalized spacial score (nSPS) is 12.8. The van der Waals surface area contributed by atoms with Crippen molar-refractivity contribution in [3.05, 3.63) is 36.5 Å². The predicted octanol–water partition coefficient (Wildman–Crippen LogP) is 12.2. The van der Waals surface area contributed by atoms with E-state index in [1.807, 2.05) is 0 Å². The molecule has 0 amide bonds. The molecule has 50 heavy (non-hydrogen) atoms. The number of carbonyl (C=O) groups excluding carboxylic acids is 2. The topological polar surface area (TPSA) is 119 Å². The Morgan fingerprint density at radius 2 is 0.900 bits per heavy atom. The summed E-state index contributed by atoms with van der Waals surface area (Å²) in [6, 6.07) is 0. The molecule has 292 valence electrons. The number of unbranched alkanes of at least 4 members (excludes halogenated alkanes) is 21. The van der Waals surface area contributed by atoms with Crippen LogP contribution < -0.4 is 0 Å². The SMILES string of the molecule is CCCCC/C=C\C/C=C\CCCCCCCC(=O)OC[C@H](COP(=O)(O)O)OC(=O)CCCCCCCCC/C=C\CCCCCCCC. The van der Waals surface area contributed by atoms with Gasteiger partial charge < -0.3 is 19.3 Å². The first-order valence-electron chi connectivity index (χ1n) is 20.3. The summed E-state index contributed by atoms with van der Waals surface area (Å²) < 4.78 is 26.3. The van der Waals surface area contributed by atoms with Gasteiger partial charge in [-0.3, -0.25) is 14.1 Å². The Morgan fingerprint density at radius 3 is 1.38 bits per heavy atom. The maximum atomic E-state index is 12.4. The van der Waals surface area contributed by atoms with Gasteiger partial charge in [0.1, 0.15) is 6.61 Å². The van der Waals surface area contributed by atoms with E-state index in [9.17, 15) is 14.2 Å². The van der Waals surface area contributed by atoms with Gasteiger partial charge >= 0.3 is 19.8 Å². The van der Waals surface area contributed by atoms with E-state index in [2.05, 4.69) is 54.8 Å². The lowest BCUT2D eigenvalue weighted by atomic mass is 10.1. The number of rotatable bonds is 37. The van der Waals surface area contributed by atoms with Crippen molar-refractivity contribution >= 4 is 19.8 Å². The van der Waals surface area contributed by atoms with Crippen LogP contribution in [-0.4, -0.2) is 41.0 Å². The minimum atomic E-state index is -4.76. The zero-order valence-corrected chi connectivity index (χ0v) is 32.9. The van der Waals surface area contributed by atoms with Gasteiger partial charge in [0.25, 0.3) is 0 Å². The smallest absolute Gasteiger partial charge is 0.462 e. The maximum Gasteiger partial charge on any atom is 0.469 e. The average Bonchev–Trinajstić information content (AvgIpc) is 3.08. The second-order valence-corrected chi connectivity index (χ2v) is 14.8. The molecule has 0 rings (SSSR count). The van der Waals surface area contributed by atoms with Gasteiger partial charge in [-0.25, -0.2) is 4.57 Å². The third-order valence-corrected chi connectivity index (χ3v) is 9.12. The molecule has 0 aromatic carbocycles. The highest BCUT2D eigenvalue weighted by Gasteiger charge is 2.22. The number of phosphoric ester groups is 1. The molecule has 0 aliphatic heterocycles.